The highest BCUT2D eigenvalue weighted by Crippen LogP contribution is 2.67. The van der Waals surface area contributed by atoms with Crippen molar-refractivity contribution in [3.63, 3.8) is 0 Å². The van der Waals surface area contributed by atoms with Crippen LogP contribution in [0, 0.1) is 40.4 Å². The Hall–Kier alpha value is -0.960. The second-order valence-corrected chi connectivity index (χ2v) is 13.7. The van der Waals surface area contributed by atoms with Crippen LogP contribution in [0.1, 0.15) is 78.6 Å². The second kappa shape index (κ2) is 9.49. The summed E-state index contributed by atoms with van der Waals surface area (Å²) in [6.07, 6.45) is 9.51. The van der Waals surface area contributed by atoms with E-state index >= 15 is 0 Å². The Bertz CT molecular complexity index is 918. The van der Waals surface area contributed by atoms with Gasteiger partial charge in [0, 0.05) is 13.0 Å². The lowest BCUT2D eigenvalue weighted by Gasteiger charge is -2.59. The smallest absolute Gasteiger partial charge is 0.266 e. The standard InChI is InChI=1S/C26H43NO6S/c1-16(4-7-23(30)27-12-13-34(31,32)33)19-5-6-20-24-21(9-11-26(19,20)3)25(2)10-8-18(28)14-17(25)15-22(24)29/h15-16,18-22,24,28-29H,4-14H2,1-3H3,(H,27,30)(H,31,32,33)/t16-,18+,19-,20+,21+,22-,24+,25+,26-/m1/s1. The molecule has 1 amide bonds. The van der Waals surface area contributed by atoms with Gasteiger partial charge in [0.2, 0.25) is 5.91 Å². The molecule has 4 aliphatic rings. The number of hydrogen-bond acceptors (Lipinski definition) is 5. The predicted octanol–water partition coefficient (Wildman–Crippen LogP) is 3.32. The van der Waals surface area contributed by atoms with Gasteiger partial charge < -0.3 is 15.5 Å². The molecule has 0 heterocycles. The van der Waals surface area contributed by atoms with Crippen LogP contribution in [0.15, 0.2) is 11.6 Å². The highest BCUT2D eigenvalue weighted by Gasteiger charge is 2.61. The summed E-state index contributed by atoms with van der Waals surface area (Å²) in [7, 11) is -4.07. The molecule has 34 heavy (non-hydrogen) atoms. The van der Waals surface area contributed by atoms with Crippen molar-refractivity contribution in [1.82, 2.24) is 5.32 Å². The lowest BCUT2D eigenvalue weighted by Crippen LogP contribution is -2.55. The molecule has 194 valence electrons. The summed E-state index contributed by atoms with van der Waals surface area (Å²) in [6.45, 7) is 6.94. The molecule has 0 aliphatic heterocycles. The van der Waals surface area contributed by atoms with E-state index in [-0.39, 0.29) is 35.3 Å². The molecule has 0 radical (unpaired) electrons. The monoisotopic (exact) mass is 497 g/mol. The zero-order chi connectivity index (χ0) is 24.9. The fraction of sp³-hybridized carbons (Fsp3) is 0.885. The molecule has 3 fully saturated rings. The Morgan fingerprint density at radius 1 is 1.15 bits per heavy atom. The molecular formula is C26H43NO6S. The minimum atomic E-state index is -4.07. The van der Waals surface area contributed by atoms with E-state index in [0.717, 1.165) is 44.9 Å². The van der Waals surface area contributed by atoms with Gasteiger partial charge in [-0.2, -0.15) is 8.42 Å². The lowest BCUT2D eigenvalue weighted by molar-refractivity contribution is -0.121. The molecule has 0 aromatic rings. The summed E-state index contributed by atoms with van der Waals surface area (Å²) in [6, 6.07) is 0. The van der Waals surface area contributed by atoms with Crippen LogP contribution in [0.2, 0.25) is 0 Å². The maximum atomic E-state index is 12.2. The van der Waals surface area contributed by atoms with Gasteiger partial charge in [0.25, 0.3) is 10.1 Å². The third-order valence-corrected chi connectivity index (χ3v) is 11.1. The Morgan fingerprint density at radius 3 is 2.59 bits per heavy atom. The summed E-state index contributed by atoms with van der Waals surface area (Å²) in [5.41, 5.74) is 1.51. The summed E-state index contributed by atoms with van der Waals surface area (Å²) in [5, 5.41) is 24.1. The topological polar surface area (TPSA) is 124 Å². The maximum absolute atomic E-state index is 12.2. The molecule has 4 rings (SSSR count). The van der Waals surface area contributed by atoms with Crippen molar-refractivity contribution in [2.24, 2.45) is 40.4 Å². The Morgan fingerprint density at radius 2 is 1.88 bits per heavy atom. The average molecular weight is 498 g/mol. The summed E-state index contributed by atoms with van der Waals surface area (Å²) in [5.74, 6) is 1.44. The quantitative estimate of drug-likeness (QED) is 0.316. The molecule has 0 aromatic heterocycles. The molecule has 0 saturated heterocycles. The van der Waals surface area contributed by atoms with Crippen molar-refractivity contribution >= 4 is 16.0 Å². The highest BCUT2D eigenvalue weighted by molar-refractivity contribution is 7.85. The minimum absolute atomic E-state index is 0.0679. The SMILES string of the molecule is C[C@H](CCC(=O)NCCS(=O)(=O)O)[C@H]1CC[C@H]2[C@@H]3[C@H](O)C=C4C[C@@H](O)CC[C@]4(C)[C@H]3CC[C@]12C. The molecule has 3 saturated carbocycles. The predicted molar refractivity (Wildman–Crippen MR) is 130 cm³/mol. The Kier molecular flexibility index (Phi) is 7.29. The van der Waals surface area contributed by atoms with Crippen LogP contribution >= 0.6 is 0 Å². The number of amides is 1. The first-order valence-corrected chi connectivity index (χ1v) is 14.8. The van der Waals surface area contributed by atoms with Crippen LogP contribution in [-0.4, -0.2) is 53.6 Å². The van der Waals surface area contributed by atoms with Crippen LogP contribution in [0.4, 0.5) is 0 Å². The van der Waals surface area contributed by atoms with Gasteiger partial charge in [-0.3, -0.25) is 9.35 Å². The van der Waals surface area contributed by atoms with Gasteiger partial charge in [0.15, 0.2) is 0 Å². The number of hydrogen-bond donors (Lipinski definition) is 4. The van der Waals surface area contributed by atoms with E-state index in [1.54, 1.807) is 0 Å². The van der Waals surface area contributed by atoms with Crippen LogP contribution in [0.5, 0.6) is 0 Å². The van der Waals surface area contributed by atoms with Gasteiger partial charge in [0.05, 0.1) is 18.0 Å². The molecule has 0 aromatic carbocycles. The fourth-order valence-corrected chi connectivity index (χ4v) is 8.93. The van der Waals surface area contributed by atoms with Gasteiger partial charge in [-0.15, -0.1) is 0 Å². The molecule has 7 nitrogen and oxygen atoms in total. The zero-order valence-electron chi connectivity index (χ0n) is 20.9. The summed E-state index contributed by atoms with van der Waals surface area (Å²) in [4.78, 5) is 12.2. The number of carbonyl (C=O) groups is 1. The van der Waals surface area contributed by atoms with Crippen LogP contribution in [0.25, 0.3) is 0 Å². The first-order valence-electron chi connectivity index (χ1n) is 13.1. The fourth-order valence-electron chi connectivity index (χ4n) is 8.57. The van der Waals surface area contributed by atoms with Crippen molar-refractivity contribution < 1.29 is 28.0 Å². The van der Waals surface area contributed by atoms with Crippen molar-refractivity contribution in [1.29, 1.82) is 0 Å². The molecule has 0 unspecified atom stereocenters. The Balaban J connectivity index is 1.41. The molecule has 9 atom stereocenters. The van der Waals surface area contributed by atoms with Crippen molar-refractivity contribution in [3.8, 4) is 0 Å². The summed E-state index contributed by atoms with van der Waals surface area (Å²) >= 11 is 0. The van der Waals surface area contributed by atoms with Crippen molar-refractivity contribution in [3.05, 3.63) is 11.6 Å². The maximum Gasteiger partial charge on any atom is 0.266 e. The molecule has 4 N–H and O–H groups in total. The highest BCUT2D eigenvalue weighted by atomic mass is 32.2. The van der Waals surface area contributed by atoms with Gasteiger partial charge in [-0.25, -0.2) is 0 Å². The third kappa shape index (κ3) is 4.84. The zero-order valence-corrected chi connectivity index (χ0v) is 21.7. The van der Waals surface area contributed by atoms with Gasteiger partial charge in [-0.1, -0.05) is 32.4 Å². The molecule has 0 bridgehead atoms. The van der Waals surface area contributed by atoms with E-state index in [1.807, 2.05) is 0 Å². The number of aliphatic hydroxyl groups excluding tert-OH is 2. The first kappa shape index (κ1) is 26.1. The minimum Gasteiger partial charge on any atom is -0.393 e. The van der Waals surface area contributed by atoms with Crippen molar-refractivity contribution in [2.75, 3.05) is 12.3 Å². The van der Waals surface area contributed by atoms with Crippen LogP contribution in [0.3, 0.4) is 0 Å². The number of nitrogens with one attached hydrogen (secondary N) is 1. The van der Waals surface area contributed by atoms with Crippen molar-refractivity contribution in [2.45, 2.75) is 90.8 Å². The van der Waals surface area contributed by atoms with E-state index < -0.39 is 22.0 Å². The van der Waals surface area contributed by atoms with E-state index in [1.165, 1.54) is 5.57 Å². The van der Waals surface area contributed by atoms with Crippen LogP contribution in [-0.2, 0) is 14.9 Å². The van der Waals surface area contributed by atoms with Gasteiger partial charge in [0.1, 0.15) is 0 Å². The van der Waals surface area contributed by atoms with Gasteiger partial charge in [-0.05, 0) is 91.8 Å². The average Bonchev–Trinajstić information content (AvgIpc) is 3.09. The lowest BCUT2D eigenvalue weighted by atomic mass is 9.46. The van der Waals surface area contributed by atoms with E-state index in [4.69, 9.17) is 4.55 Å². The van der Waals surface area contributed by atoms with E-state index in [0.29, 0.717) is 36.5 Å². The number of carbonyl (C=O) groups excluding carboxylic acids is 1. The third-order valence-electron chi connectivity index (χ3n) is 10.4. The van der Waals surface area contributed by atoms with Gasteiger partial charge >= 0.3 is 0 Å². The largest absolute Gasteiger partial charge is 0.393 e. The van der Waals surface area contributed by atoms with E-state index in [2.05, 4.69) is 32.2 Å². The first-order chi connectivity index (χ1) is 15.8. The molecule has 0 spiro atoms. The number of aliphatic hydroxyl groups is 2. The Labute approximate surface area is 204 Å². The molecular weight excluding hydrogens is 454 g/mol. The van der Waals surface area contributed by atoms with Crippen LogP contribution < -0.4 is 5.32 Å². The second-order valence-electron chi connectivity index (χ2n) is 12.2. The summed E-state index contributed by atoms with van der Waals surface area (Å²) < 4.78 is 30.5. The molecule has 4 aliphatic carbocycles. The molecule has 8 heteroatoms. The number of fused-ring (bicyclic) bond motifs is 5. The van der Waals surface area contributed by atoms with E-state index in [9.17, 15) is 23.4 Å². The number of rotatable bonds is 7. The normalized spacial score (nSPS) is 42.7.